The first-order valence-corrected chi connectivity index (χ1v) is 8.77. The van der Waals surface area contributed by atoms with Crippen molar-refractivity contribution in [3.8, 4) is 0 Å². The van der Waals surface area contributed by atoms with Crippen molar-refractivity contribution in [2.24, 2.45) is 0 Å². The fourth-order valence-corrected chi connectivity index (χ4v) is 4.19. The molecule has 0 spiro atoms. The number of ether oxygens (including phenoxy) is 1. The lowest BCUT2D eigenvalue weighted by atomic mass is 10.1. The number of amides is 1. The average Bonchev–Trinajstić information content (AvgIpc) is 3.21. The van der Waals surface area contributed by atoms with Crippen LogP contribution in [0.3, 0.4) is 0 Å². The van der Waals surface area contributed by atoms with Crippen LogP contribution in [-0.2, 0) is 20.9 Å². The number of benzene rings is 1. The SMILES string of the molecule is CC(=O)N1[C@@H](C(=O)OCc2cccc(C)c2)CS[C@H]1c1ccco1. The monoisotopic (exact) mass is 345 g/mol. The second-order valence-corrected chi connectivity index (χ2v) is 6.85. The predicted octanol–water partition coefficient (Wildman–Crippen LogP) is 3.29. The van der Waals surface area contributed by atoms with Crippen molar-refractivity contribution >= 4 is 23.6 Å². The largest absolute Gasteiger partial charge is 0.466 e. The molecule has 126 valence electrons. The molecule has 2 aromatic rings. The molecule has 1 fully saturated rings. The number of aryl methyl sites for hydroxylation is 1. The van der Waals surface area contributed by atoms with Crippen molar-refractivity contribution in [2.45, 2.75) is 31.9 Å². The van der Waals surface area contributed by atoms with Crippen molar-refractivity contribution in [3.05, 3.63) is 59.5 Å². The van der Waals surface area contributed by atoms with E-state index in [0.29, 0.717) is 11.5 Å². The van der Waals surface area contributed by atoms with Gasteiger partial charge in [0.05, 0.1) is 6.26 Å². The molecule has 0 unspecified atom stereocenters. The molecule has 2 heterocycles. The van der Waals surface area contributed by atoms with Gasteiger partial charge in [-0.3, -0.25) is 4.79 Å². The van der Waals surface area contributed by atoms with Gasteiger partial charge in [0.15, 0.2) is 0 Å². The standard InChI is InChI=1S/C18H19NO4S/c1-12-5-3-6-14(9-12)10-23-18(21)15-11-24-17(19(15)13(2)20)16-7-4-8-22-16/h3-9,15,17H,10-11H2,1-2H3/t15-,17+/m1/s1. The van der Waals surface area contributed by atoms with Gasteiger partial charge in [-0.25, -0.2) is 4.79 Å². The lowest BCUT2D eigenvalue weighted by Crippen LogP contribution is -2.42. The smallest absolute Gasteiger partial charge is 0.330 e. The first-order chi connectivity index (χ1) is 11.6. The summed E-state index contributed by atoms with van der Waals surface area (Å²) in [5.74, 6) is 0.619. The topological polar surface area (TPSA) is 59.8 Å². The van der Waals surface area contributed by atoms with Gasteiger partial charge in [0.2, 0.25) is 5.91 Å². The van der Waals surface area contributed by atoms with Crippen molar-refractivity contribution in [1.29, 1.82) is 0 Å². The number of carbonyl (C=O) groups is 2. The Balaban J connectivity index is 1.68. The highest BCUT2D eigenvalue weighted by Gasteiger charge is 2.43. The van der Waals surface area contributed by atoms with Crippen LogP contribution in [0.2, 0.25) is 0 Å². The Morgan fingerprint density at radius 2 is 2.17 bits per heavy atom. The summed E-state index contributed by atoms with van der Waals surface area (Å²) in [5, 5.41) is -0.283. The summed E-state index contributed by atoms with van der Waals surface area (Å²) in [6, 6.07) is 10.8. The molecule has 0 N–H and O–H groups in total. The van der Waals surface area contributed by atoms with Crippen molar-refractivity contribution in [3.63, 3.8) is 0 Å². The second-order valence-electron chi connectivity index (χ2n) is 5.74. The van der Waals surface area contributed by atoms with Gasteiger partial charge in [-0.2, -0.15) is 0 Å². The summed E-state index contributed by atoms with van der Waals surface area (Å²) in [4.78, 5) is 26.1. The number of esters is 1. The minimum atomic E-state index is -0.590. The van der Waals surface area contributed by atoms with E-state index in [0.717, 1.165) is 11.1 Å². The summed E-state index contributed by atoms with van der Waals surface area (Å²) in [6.45, 7) is 3.66. The van der Waals surface area contributed by atoms with Crippen LogP contribution in [0.4, 0.5) is 0 Å². The summed E-state index contributed by atoms with van der Waals surface area (Å²) in [7, 11) is 0. The van der Waals surface area contributed by atoms with E-state index in [4.69, 9.17) is 9.15 Å². The highest BCUT2D eigenvalue weighted by Crippen LogP contribution is 2.41. The molecule has 1 saturated heterocycles. The Labute approximate surface area is 145 Å². The number of thioether (sulfide) groups is 1. The molecule has 0 aliphatic carbocycles. The fourth-order valence-electron chi connectivity index (χ4n) is 2.78. The van der Waals surface area contributed by atoms with E-state index in [1.165, 1.54) is 18.7 Å². The third-order valence-electron chi connectivity index (χ3n) is 3.89. The number of carbonyl (C=O) groups excluding carboxylic acids is 2. The zero-order chi connectivity index (χ0) is 17.1. The van der Waals surface area contributed by atoms with Gasteiger partial charge in [0.1, 0.15) is 23.8 Å². The van der Waals surface area contributed by atoms with Crippen LogP contribution in [0.15, 0.2) is 47.1 Å². The minimum absolute atomic E-state index is 0.168. The molecule has 24 heavy (non-hydrogen) atoms. The first kappa shape index (κ1) is 16.6. The number of hydrogen-bond acceptors (Lipinski definition) is 5. The lowest BCUT2D eigenvalue weighted by molar-refractivity contribution is -0.154. The Bertz CT molecular complexity index is 728. The zero-order valence-corrected chi connectivity index (χ0v) is 14.4. The predicted molar refractivity (Wildman–Crippen MR) is 91.2 cm³/mol. The van der Waals surface area contributed by atoms with Gasteiger partial charge < -0.3 is 14.1 Å². The summed E-state index contributed by atoms with van der Waals surface area (Å²) < 4.78 is 10.8. The Hall–Kier alpha value is -2.21. The quantitative estimate of drug-likeness (QED) is 0.796. The number of nitrogens with zero attached hydrogens (tertiary/aromatic N) is 1. The molecule has 1 aromatic heterocycles. The van der Waals surface area contributed by atoms with E-state index in [2.05, 4.69) is 0 Å². The van der Waals surface area contributed by atoms with Gasteiger partial charge in [0, 0.05) is 12.7 Å². The minimum Gasteiger partial charge on any atom is -0.466 e. The maximum atomic E-state index is 12.5. The van der Waals surface area contributed by atoms with Crippen LogP contribution < -0.4 is 0 Å². The van der Waals surface area contributed by atoms with E-state index in [1.807, 2.05) is 37.3 Å². The average molecular weight is 345 g/mol. The van der Waals surface area contributed by atoms with E-state index in [1.54, 1.807) is 17.2 Å². The molecule has 0 saturated carbocycles. The van der Waals surface area contributed by atoms with E-state index in [-0.39, 0.29) is 23.9 Å². The summed E-state index contributed by atoms with van der Waals surface area (Å²) in [6.07, 6.45) is 1.57. The van der Waals surface area contributed by atoms with Crippen LogP contribution in [0, 0.1) is 6.92 Å². The molecule has 0 radical (unpaired) electrons. The van der Waals surface area contributed by atoms with Crippen LogP contribution >= 0.6 is 11.8 Å². The summed E-state index contributed by atoms with van der Waals surface area (Å²) in [5.41, 5.74) is 2.05. The van der Waals surface area contributed by atoms with Crippen molar-refractivity contribution < 1.29 is 18.7 Å². The normalized spacial score (nSPS) is 20.2. The first-order valence-electron chi connectivity index (χ1n) is 7.72. The lowest BCUT2D eigenvalue weighted by Gasteiger charge is -2.25. The molecular weight excluding hydrogens is 326 g/mol. The van der Waals surface area contributed by atoms with Gasteiger partial charge in [0.25, 0.3) is 0 Å². The molecule has 6 heteroatoms. The highest BCUT2D eigenvalue weighted by molar-refractivity contribution is 7.99. The molecule has 1 aromatic carbocycles. The maximum Gasteiger partial charge on any atom is 0.330 e. The zero-order valence-electron chi connectivity index (χ0n) is 13.6. The number of rotatable bonds is 4. The highest BCUT2D eigenvalue weighted by atomic mass is 32.2. The molecule has 1 aliphatic heterocycles. The van der Waals surface area contributed by atoms with Gasteiger partial charge >= 0.3 is 5.97 Å². The molecule has 1 amide bonds. The van der Waals surface area contributed by atoms with Crippen molar-refractivity contribution in [2.75, 3.05) is 5.75 Å². The molecule has 0 bridgehead atoms. The molecule has 1 aliphatic rings. The Morgan fingerprint density at radius 3 is 2.83 bits per heavy atom. The van der Waals surface area contributed by atoms with E-state index in [9.17, 15) is 9.59 Å². The van der Waals surface area contributed by atoms with Crippen LogP contribution in [0.5, 0.6) is 0 Å². The number of hydrogen-bond donors (Lipinski definition) is 0. The van der Waals surface area contributed by atoms with E-state index < -0.39 is 6.04 Å². The Morgan fingerprint density at radius 1 is 1.33 bits per heavy atom. The van der Waals surface area contributed by atoms with Gasteiger partial charge in [-0.05, 0) is 24.6 Å². The number of furan rings is 1. The molecule has 2 atom stereocenters. The van der Waals surface area contributed by atoms with Gasteiger partial charge in [-0.1, -0.05) is 29.8 Å². The van der Waals surface area contributed by atoms with Gasteiger partial charge in [-0.15, -0.1) is 11.8 Å². The van der Waals surface area contributed by atoms with E-state index >= 15 is 0 Å². The third-order valence-corrected chi connectivity index (χ3v) is 5.17. The van der Waals surface area contributed by atoms with Crippen LogP contribution in [0.25, 0.3) is 0 Å². The Kier molecular flexibility index (Phi) is 4.94. The molecule has 3 rings (SSSR count). The third kappa shape index (κ3) is 3.48. The second kappa shape index (κ2) is 7.13. The fraction of sp³-hybridized carbons (Fsp3) is 0.333. The van der Waals surface area contributed by atoms with Crippen molar-refractivity contribution in [1.82, 2.24) is 4.90 Å². The van der Waals surface area contributed by atoms with Crippen LogP contribution in [0.1, 0.15) is 29.2 Å². The van der Waals surface area contributed by atoms with Crippen LogP contribution in [-0.4, -0.2) is 28.6 Å². The molecule has 5 nitrogen and oxygen atoms in total. The summed E-state index contributed by atoms with van der Waals surface area (Å²) >= 11 is 1.51. The maximum absolute atomic E-state index is 12.5. The molecular formula is C18H19NO4S.